The SMILES string of the molecule is CC(CC#N)NCCN(C)C1CCCC1. The summed E-state index contributed by atoms with van der Waals surface area (Å²) in [5, 5.41) is 11.9. The van der Waals surface area contributed by atoms with Crippen molar-refractivity contribution in [1.82, 2.24) is 10.2 Å². The van der Waals surface area contributed by atoms with Crippen LogP contribution in [0.2, 0.25) is 0 Å². The molecule has 0 saturated heterocycles. The average Bonchev–Trinajstić information content (AvgIpc) is 2.70. The minimum Gasteiger partial charge on any atom is -0.312 e. The zero-order valence-corrected chi connectivity index (χ0v) is 10.00. The van der Waals surface area contributed by atoms with Gasteiger partial charge in [-0.2, -0.15) is 5.26 Å². The molecule has 0 heterocycles. The molecule has 1 aliphatic rings. The van der Waals surface area contributed by atoms with Crippen molar-refractivity contribution < 1.29 is 0 Å². The summed E-state index contributed by atoms with van der Waals surface area (Å²) in [4.78, 5) is 2.46. The van der Waals surface area contributed by atoms with Gasteiger partial charge in [-0.05, 0) is 26.8 Å². The van der Waals surface area contributed by atoms with E-state index in [4.69, 9.17) is 5.26 Å². The van der Waals surface area contributed by atoms with E-state index in [-0.39, 0.29) is 0 Å². The summed E-state index contributed by atoms with van der Waals surface area (Å²) in [5.41, 5.74) is 0. The third-order valence-corrected chi connectivity index (χ3v) is 3.30. The lowest BCUT2D eigenvalue weighted by Crippen LogP contribution is -2.38. The van der Waals surface area contributed by atoms with Crippen molar-refractivity contribution in [2.75, 3.05) is 20.1 Å². The highest BCUT2D eigenvalue weighted by atomic mass is 15.1. The average molecular weight is 209 g/mol. The topological polar surface area (TPSA) is 39.1 Å². The summed E-state index contributed by atoms with van der Waals surface area (Å²) >= 11 is 0. The van der Waals surface area contributed by atoms with E-state index >= 15 is 0 Å². The van der Waals surface area contributed by atoms with Crippen LogP contribution < -0.4 is 5.32 Å². The molecule has 1 fully saturated rings. The van der Waals surface area contributed by atoms with Crippen molar-refractivity contribution in [2.24, 2.45) is 0 Å². The largest absolute Gasteiger partial charge is 0.312 e. The number of likely N-dealkylation sites (N-methyl/N-ethyl adjacent to an activating group) is 1. The van der Waals surface area contributed by atoms with Crippen molar-refractivity contribution in [3.05, 3.63) is 0 Å². The summed E-state index contributed by atoms with van der Waals surface area (Å²) in [6, 6.07) is 3.31. The number of hydrogen-bond donors (Lipinski definition) is 1. The Hall–Kier alpha value is -0.590. The molecular weight excluding hydrogens is 186 g/mol. The normalized spacial score (nSPS) is 19.3. The van der Waals surface area contributed by atoms with E-state index in [2.05, 4.69) is 30.3 Å². The van der Waals surface area contributed by atoms with E-state index in [1.165, 1.54) is 25.7 Å². The van der Waals surface area contributed by atoms with Gasteiger partial charge < -0.3 is 10.2 Å². The zero-order valence-electron chi connectivity index (χ0n) is 10.00. The van der Waals surface area contributed by atoms with Gasteiger partial charge in [0.1, 0.15) is 0 Å². The Kier molecular flexibility index (Phi) is 5.67. The Morgan fingerprint density at radius 3 is 2.73 bits per heavy atom. The molecule has 0 aliphatic heterocycles. The maximum atomic E-state index is 8.52. The monoisotopic (exact) mass is 209 g/mol. The molecule has 15 heavy (non-hydrogen) atoms. The van der Waals surface area contributed by atoms with Crippen LogP contribution in [-0.4, -0.2) is 37.1 Å². The van der Waals surface area contributed by atoms with Gasteiger partial charge >= 0.3 is 0 Å². The predicted octanol–water partition coefficient (Wildman–Crippen LogP) is 1.75. The standard InChI is InChI=1S/C12H23N3/c1-11(7-8-13)14-9-10-15(2)12-5-3-4-6-12/h11-12,14H,3-7,9-10H2,1-2H3. The zero-order chi connectivity index (χ0) is 11.1. The third kappa shape index (κ3) is 4.63. The third-order valence-electron chi connectivity index (χ3n) is 3.30. The van der Waals surface area contributed by atoms with Crippen LogP contribution in [0.4, 0.5) is 0 Å². The van der Waals surface area contributed by atoms with Gasteiger partial charge in [-0.25, -0.2) is 0 Å². The number of nitriles is 1. The summed E-state index contributed by atoms with van der Waals surface area (Å²) in [6.45, 7) is 4.16. The Morgan fingerprint density at radius 2 is 2.13 bits per heavy atom. The lowest BCUT2D eigenvalue weighted by molar-refractivity contribution is 0.243. The quantitative estimate of drug-likeness (QED) is 0.724. The lowest BCUT2D eigenvalue weighted by Gasteiger charge is -2.24. The van der Waals surface area contributed by atoms with Crippen molar-refractivity contribution >= 4 is 0 Å². The second kappa shape index (κ2) is 6.81. The van der Waals surface area contributed by atoms with Crippen LogP contribution in [0.1, 0.15) is 39.0 Å². The number of nitrogens with zero attached hydrogens (tertiary/aromatic N) is 2. The molecule has 0 aromatic carbocycles. The van der Waals surface area contributed by atoms with Crippen LogP contribution >= 0.6 is 0 Å². The number of rotatable bonds is 6. The fourth-order valence-corrected chi connectivity index (χ4v) is 2.22. The summed E-state index contributed by atoms with van der Waals surface area (Å²) in [5.74, 6) is 0. The smallest absolute Gasteiger partial charge is 0.0638 e. The maximum Gasteiger partial charge on any atom is 0.0638 e. The van der Waals surface area contributed by atoms with Gasteiger partial charge in [-0.3, -0.25) is 0 Å². The highest BCUT2D eigenvalue weighted by molar-refractivity contribution is 4.79. The van der Waals surface area contributed by atoms with Crippen molar-refractivity contribution in [2.45, 2.75) is 51.1 Å². The van der Waals surface area contributed by atoms with Gasteiger partial charge in [0, 0.05) is 25.2 Å². The molecule has 0 bridgehead atoms. The molecule has 1 N–H and O–H groups in total. The highest BCUT2D eigenvalue weighted by Crippen LogP contribution is 2.21. The van der Waals surface area contributed by atoms with Crippen molar-refractivity contribution in [3.8, 4) is 6.07 Å². The Labute approximate surface area is 93.5 Å². The van der Waals surface area contributed by atoms with E-state index < -0.39 is 0 Å². The molecule has 1 saturated carbocycles. The Balaban J connectivity index is 2.06. The summed E-state index contributed by atoms with van der Waals surface area (Å²) in [6.07, 6.45) is 6.13. The van der Waals surface area contributed by atoms with Gasteiger partial charge in [-0.15, -0.1) is 0 Å². The van der Waals surface area contributed by atoms with E-state index in [1.807, 2.05) is 0 Å². The van der Waals surface area contributed by atoms with Crippen molar-refractivity contribution in [1.29, 1.82) is 5.26 Å². The van der Waals surface area contributed by atoms with Gasteiger partial charge in [-0.1, -0.05) is 12.8 Å². The fraction of sp³-hybridized carbons (Fsp3) is 0.917. The van der Waals surface area contributed by atoms with Gasteiger partial charge in [0.2, 0.25) is 0 Å². The molecule has 0 radical (unpaired) electrons. The minimum absolute atomic E-state index is 0.326. The first-order chi connectivity index (χ1) is 7.24. The number of nitrogens with one attached hydrogen (secondary N) is 1. The van der Waals surface area contributed by atoms with Gasteiger partial charge in [0.05, 0.1) is 12.5 Å². The molecule has 0 spiro atoms. The Morgan fingerprint density at radius 1 is 1.47 bits per heavy atom. The molecule has 3 heteroatoms. The summed E-state index contributed by atoms with van der Waals surface area (Å²) < 4.78 is 0. The van der Waals surface area contributed by atoms with Crippen LogP contribution in [0.25, 0.3) is 0 Å². The molecule has 0 aromatic heterocycles. The first kappa shape index (κ1) is 12.5. The van der Waals surface area contributed by atoms with Crippen LogP contribution in [-0.2, 0) is 0 Å². The second-order valence-corrected chi connectivity index (χ2v) is 4.64. The Bertz CT molecular complexity index is 203. The molecule has 1 atom stereocenters. The van der Waals surface area contributed by atoms with Crippen LogP contribution in [0.5, 0.6) is 0 Å². The molecular formula is C12H23N3. The molecule has 0 amide bonds. The van der Waals surface area contributed by atoms with Crippen LogP contribution in [0.15, 0.2) is 0 Å². The molecule has 1 unspecified atom stereocenters. The molecule has 1 aliphatic carbocycles. The predicted molar refractivity (Wildman–Crippen MR) is 62.6 cm³/mol. The van der Waals surface area contributed by atoms with Gasteiger partial charge in [0.15, 0.2) is 0 Å². The molecule has 86 valence electrons. The maximum absolute atomic E-state index is 8.52. The fourth-order valence-electron chi connectivity index (χ4n) is 2.22. The highest BCUT2D eigenvalue weighted by Gasteiger charge is 2.18. The summed E-state index contributed by atoms with van der Waals surface area (Å²) in [7, 11) is 2.21. The lowest BCUT2D eigenvalue weighted by atomic mass is 10.2. The first-order valence-corrected chi connectivity index (χ1v) is 6.04. The van der Waals surface area contributed by atoms with Crippen LogP contribution in [0, 0.1) is 11.3 Å². The van der Waals surface area contributed by atoms with Gasteiger partial charge in [0.25, 0.3) is 0 Å². The molecule has 0 aromatic rings. The van der Waals surface area contributed by atoms with Crippen molar-refractivity contribution in [3.63, 3.8) is 0 Å². The van der Waals surface area contributed by atoms with Crippen LogP contribution in [0.3, 0.4) is 0 Å². The van der Waals surface area contributed by atoms with E-state index in [0.717, 1.165) is 19.1 Å². The first-order valence-electron chi connectivity index (χ1n) is 6.04. The molecule has 1 rings (SSSR count). The van der Waals surface area contributed by atoms with E-state index in [1.54, 1.807) is 0 Å². The minimum atomic E-state index is 0.326. The number of hydrogen-bond acceptors (Lipinski definition) is 3. The second-order valence-electron chi connectivity index (χ2n) is 4.64. The van der Waals surface area contributed by atoms with E-state index in [0.29, 0.717) is 12.5 Å². The molecule has 3 nitrogen and oxygen atoms in total. The van der Waals surface area contributed by atoms with E-state index in [9.17, 15) is 0 Å².